The molecule has 1 aromatic rings. The molecule has 1 N–H and O–H groups in total. The third kappa shape index (κ3) is 2.78. The third-order valence-corrected chi connectivity index (χ3v) is 4.07. The Bertz CT molecular complexity index is 469. The molecule has 3 rings (SSSR count). The van der Waals surface area contributed by atoms with E-state index in [1.807, 2.05) is 30.3 Å². The maximum absolute atomic E-state index is 11.8. The summed E-state index contributed by atoms with van der Waals surface area (Å²) in [6.45, 7) is 0. The van der Waals surface area contributed by atoms with Crippen LogP contribution >= 0.6 is 0 Å². The summed E-state index contributed by atoms with van der Waals surface area (Å²) >= 11 is 0. The monoisotopic (exact) mass is 259 g/mol. The molecule has 2 saturated carbocycles. The van der Waals surface area contributed by atoms with Gasteiger partial charge in [0.25, 0.3) is 0 Å². The van der Waals surface area contributed by atoms with Crippen molar-refractivity contribution in [3.63, 3.8) is 0 Å². The number of Topliss-reactive ketones (excluding diaryl/α,β-unsaturated/α-hetero) is 1. The first-order valence-electron chi connectivity index (χ1n) is 6.75. The van der Waals surface area contributed by atoms with Crippen molar-refractivity contribution in [2.75, 3.05) is 5.32 Å². The highest BCUT2D eigenvalue weighted by molar-refractivity contribution is 5.84. The van der Waals surface area contributed by atoms with Crippen LogP contribution in [0, 0.1) is 11.8 Å². The van der Waals surface area contributed by atoms with Crippen molar-refractivity contribution in [1.82, 2.24) is 0 Å². The quantitative estimate of drug-likeness (QED) is 0.888. The molecule has 1 aromatic carbocycles. The summed E-state index contributed by atoms with van der Waals surface area (Å²) in [6, 6.07) is 9.26. The Balaban J connectivity index is 1.50. The van der Waals surface area contributed by atoms with Gasteiger partial charge >= 0.3 is 6.09 Å². The fourth-order valence-electron chi connectivity index (χ4n) is 3.24. The molecule has 19 heavy (non-hydrogen) atoms. The minimum atomic E-state index is -0.400. The number of nitrogens with one attached hydrogen (secondary N) is 1. The molecule has 4 nitrogen and oxygen atoms in total. The van der Waals surface area contributed by atoms with E-state index in [4.69, 9.17) is 4.74 Å². The van der Waals surface area contributed by atoms with Crippen LogP contribution in [0.4, 0.5) is 10.5 Å². The van der Waals surface area contributed by atoms with Gasteiger partial charge in [-0.05, 0) is 36.8 Å². The summed E-state index contributed by atoms with van der Waals surface area (Å²) < 4.78 is 5.43. The lowest BCUT2D eigenvalue weighted by Crippen LogP contribution is -2.21. The molecule has 2 atom stereocenters. The minimum Gasteiger partial charge on any atom is -0.446 e. The molecule has 100 valence electrons. The number of fused-ring (bicyclic) bond motifs is 1. The molecule has 0 heterocycles. The van der Waals surface area contributed by atoms with Gasteiger partial charge in [0.1, 0.15) is 11.9 Å². The normalized spacial score (nSPS) is 29.1. The zero-order valence-corrected chi connectivity index (χ0v) is 10.7. The van der Waals surface area contributed by atoms with E-state index in [0.717, 1.165) is 18.5 Å². The number of rotatable bonds is 2. The molecule has 2 fully saturated rings. The summed E-state index contributed by atoms with van der Waals surface area (Å²) in [5, 5.41) is 2.72. The zero-order valence-electron chi connectivity index (χ0n) is 10.7. The smallest absolute Gasteiger partial charge is 0.411 e. The molecule has 0 saturated heterocycles. The lowest BCUT2D eigenvalue weighted by Gasteiger charge is -2.13. The molecule has 4 heteroatoms. The number of carbonyl (C=O) groups excluding carboxylic acids is 2. The standard InChI is InChI=1S/C15H17NO3/c17-13-6-10-8-14(9-11(10)7-13)19-15(18)16-12-4-2-1-3-5-12/h1-5,10-11,14H,6-9H2,(H,16,18). The highest BCUT2D eigenvalue weighted by atomic mass is 16.6. The number of ether oxygens (including phenoxy) is 1. The van der Waals surface area contributed by atoms with E-state index in [2.05, 4.69) is 5.32 Å². The lowest BCUT2D eigenvalue weighted by molar-refractivity contribution is -0.118. The topological polar surface area (TPSA) is 55.4 Å². The third-order valence-electron chi connectivity index (χ3n) is 4.07. The Morgan fingerprint density at radius 1 is 1.11 bits per heavy atom. The van der Waals surface area contributed by atoms with Gasteiger partial charge in [0.05, 0.1) is 0 Å². The van der Waals surface area contributed by atoms with Gasteiger partial charge < -0.3 is 4.74 Å². The molecule has 2 aliphatic carbocycles. The van der Waals surface area contributed by atoms with Gasteiger partial charge in [0.2, 0.25) is 0 Å². The maximum Gasteiger partial charge on any atom is 0.411 e. The predicted molar refractivity (Wildman–Crippen MR) is 70.8 cm³/mol. The number of anilines is 1. The number of para-hydroxylation sites is 1. The number of hydrogen-bond acceptors (Lipinski definition) is 3. The molecular formula is C15H17NO3. The van der Waals surface area contributed by atoms with Crippen molar-refractivity contribution in [3.8, 4) is 0 Å². The molecule has 0 spiro atoms. The van der Waals surface area contributed by atoms with Crippen LogP contribution in [0.15, 0.2) is 30.3 Å². The molecule has 0 bridgehead atoms. The summed E-state index contributed by atoms with van der Waals surface area (Å²) in [4.78, 5) is 23.1. The van der Waals surface area contributed by atoms with Gasteiger partial charge in [0.15, 0.2) is 0 Å². The fourth-order valence-corrected chi connectivity index (χ4v) is 3.24. The minimum absolute atomic E-state index is 0.0354. The van der Waals surface area contributed by atoms with E-state index in [1.165, 1.54) is 0 Å². The first-order valence-corrected chi connectivity index (χ1v) is 6.75. The Labute approximate surface area is 112 Å². The SMILES string of the molecule is O=C1CC2CC(OC(=O)Nc3ccccc3)CC2C1. The lowest BCUT2D eigenvalue weighted by atomic mass is 10.0. The number of benzene rings is 1. The number of carbonyl (C=O) groups is 2. The van der Waals surface area contributed by atoms with Crippen LogP contribution in [0.1, 0.15) is 25.7 Å². The Hall–Kier alpha value is -1.84. The fraction of sp³-hybridized carbons (Fsp3) is 0.467. The largest absolute Gasteiger partial charge is 0.446 e. The van der Waals surface area contributed by atoms with Gasteiger partial charge in [0, 0.05) is 18.5 Å². The number of ketones is 1. The van der Waals surface area contributed by atoms with E-state index in [-0.39, 0.29) is 6.10 Å². The van der Waals surface area contributed by atoms with E-state index < -0.39 is 6.09 Å². The van der Waals surface area contributed by atoms with Gasteiger partial charge in [-0.3, -0.25) is 10.1 Å². The Kier molecular flexibility index (Phi) is 3.23. The van der Waals surface area contributed by atoms with Gasteiger partial charge in [-0.25, -0.2) is 4.79 Å². The molecule has 0 radical (unpaired) electrons. The van der Waals surface area contributed by atoms with E-state index >= 15 is 0 Å². The summed E-state index contributed by atoms with van der Waals surface area (Å²) in [7, 11) is 0. The zero-order chi connectivity index (χ0) is 13.2. The van der Waals surface area contributed by atoms with E-state index in [9.17, 15) is 9.59 Å². The first kappa shape index (κ1) is 12.2. The predicted octanol–water partition coefficient (Wildman–Crippen LogP) is 2.99. The second-order valence-electron chi connectivity index (χ2n) is 5.46. The van der Waals surface area contributed by atoms with Crippen molar-refractivity contribution in [3.05, 3.63) is 30.3 Å². The molecule has 2 aliphatic rings. The second-order valence-corrected chi connectivity index (χ2v) is 5.46. The molecular weight excluding hydrogens is 242 g/mol. The van der Waals surface area contributed by atoms with Crippen LogP contribution in [0.5, 0.6) is 0 Å². The average molecular weight is 259 g/mol. The van der Waals surface area contributed by atoms with Crippen LogP contribution in [-0.4, -0.2) is 18.0 Å². The maximum atomic E-state index is 11.8. The van der Waals surface area contributed by atoms with Crippen LogP contribution in [0.25, 0.3) is 0 Å². The molecule has 2 unspecified atom stereocenters. The van der Waals surface area contributed by atoms with Crippen molar-refractivity contribution in [1.29, 1.82) is 0 Å². The number of amides is 1. The Morgan fingerprint density at radius 2 is 1.74 bits per heavy atom. The van der Waals surface area contributed by atoms with Crippen molar-refractivity contribution < 1.29 is 14.3 Å². The van der Waals surface area contributed by atoms with Crippen LogP contribution in [0.2, 0.25) is 0 Å². The van der Waals surface area contributed by atoms with E-state index in [0.29, 0.717) is 30.5 Å². The van der Waals surface area contributed by atoms with Crippen molar-refractivity contribution in [2.24, 2.45) is 11.8 Å². The van der Waals surface area contributed by atoms with Crippen molar-refractivity contribution >= 4 is 17.6 Å². The van der Waals surface area contributed by atoms with Gasteiger partial charge in [-0.15, -0.1) is 0 Å². The molecule has 0 aromatic heterocycles. The highest BCUT2D eigenvalue weighted by Gasteiger charge is 2.42. The number of hydrogen-bond donors (Lipinski definition) is 1. The molecule has 0 aliphatic heterocycles. The average Bonchev–Trinajstić information content (AvgIpc) is 2.86. The second kappa shape index (κ2) is 5.03. The van der Waals surface area contributed by atoms with Gasteiger partial charge in [-0.2, -0.15) is 0 Å². The highest BCUT2D eigenvalue weighted by Crippen LogP contribution is 2.43. The van der Waals surface area contributed by atoms with Gasteiger partial charge in [-0.1, -0.05) is 18.2 Å². The first-order chi connectivity index (χ1) is 9.20. The van der Waals surface area contributed by atoms with Crippen LogP contribution < -0.4 is 5.32 Å². The summed E-state index contributed by atoms with van der Waals surface area (Å²) in [5.74, 6) is 1.23. The van der Waals surface area contributed by atoms with Crippen LogP contribution in [0.3, 0.4) is 0 Å². The Morgan fingerprint density at radius 3 is 2.37 bits per heavy atom. The molecule has 1 amide bonds. The van der Waals surface area contributed by atoms with E-state index in [1.54, 1.807) is 0 Å². The summed E-state index contributed by atoms with van der Waals surface area (Å²) in [5.41, 5.74) is 0.737. The van der Waals surface area contributed by atoms with Crippen molar-refractivity contribution in [2.45, 2.75) is 31.8 Å². The van der Waals surface area contributed by atoms with Crippen LogP contribution in [-0.2, 0) is 9.53 Å². The summed E-state index contributed by atoms with van der Waals surface area (Å²) in [6.07, 6.45) is 2.57.